The van der Waals surface area contributed by atoms with E-state index in [1.54, 1.807) is 38.1 Å². The first-order valence-electron chi connectivity index (χ1n) is 9.73. The number of hydrogen-bond acceptors (Lipinski definition) is 6. The SMILES string of the molecule is CC[C@@H](O)[C@H](C)C(OCc1ccccc1)[C@](O)(c1ccc2c(N)ncnn12)C(F)F. The molecule has 0 saturated heterocycles. The molecule has 0 radical (unpaired) electrons. The first-order valence-corrected chi connectivity index (χ1v) is 9.73. The Bertz CT molecular complexity index is 969. The Balaban J connectivity index is 2.08. The van der Waals surface area contributed by atoms with E-state index in [1.807, 2.05) is 6.07 Å². The monoisotopic (exact) mass is 420 g/mol. The first kappa shape index (κ1) is 22.1. The number of fused-ring (bicyclic) bond motifs is 1. The average Bonchev–Trinajstić information content (AvgIpc) is 3.19. The standard InChI is InChI=1S/C21H26F2N4O3/c1-3-16(28)13(2)18(30-11-14-7-5-4-6-8-14)21(29,20(22)23)17-10-9-15-19(24)25-12-26-27(15)17/h4-10,12-13,16,18,20,28-29H,3,11H2,1-2H3,(H2,24,25,26)/t13-,16+,18?,21+/m0/s1. The largest absolute Gasteiger partial charge is 0.393 e. The third-order valence-electron chi connectivity index (χ3n) is 5.43. The number of anilines is 1. The van der Waals surface area contributed by atoms with Gasteiger partial charge in [0, 0.05) is 5.92 Å². The van der Waals surface area contributed by atoms with Crippen LogP contribution in [0.1, 0.15) is 31.5 Å². The van der Waals surface area contributed by atoms with E-state index in [1.165, 1.54) is 12.1 Å². The molecule has 0 saturated carbocycles. The first-order chi connectivity index (χ1) is 14.3. The summed E-state index contributed by atoms with van der Waals surface area (Å²) in [7, 11) is 0. The summed E-state index contributed by atoms with van der Waals surface area (Å²) >= 11 is 0. The molecule has 0 aliphatic rings. The second-order valence-corrected chi connectivity index (χ2v) is 7.34. The maximum Gasteiger partial charge on any atom is 0.275 e. The fraction of sp³-hybridized carbons (Fsp3) is 0.429. The maximum atomic E-state index is 14.5. The van der Waals surface area contributed by atoms with E-state index < -0.39 is 30.2 Å². The van der Waals surface area contributed by atoms with Crippen LogP contribution in [0.4, 0.5) is 14.6 Å². The highest BCUT2D eigenvalue weighted by Crippen LogP contribution is 2.39. The quantitative estimate of drug-likeness (QED) is 0.492. The number of rotatable bonds is 9. The van der Waals surface area contributed by atoms with Gasteiger partial charge in [-0.25, -0.2) is 18.3 Å². The highest BCUT2D eigenvalue weighted by molar-refractivity contribution is 5.65. The number of ether oxygens (including phenoxy) is 1. The van der Waals surface area contributed by atoms with E-state index in [9.17, 15) is 19.0 Å². The predicted octanol–water partition coefficient (Wildman–Crippen LogP) is 2.76. The van der Waals surface area contributed by atoms with Gasteiger partial charge in [-0.05, 0) is 24.1 Å². The number of nitrogens with two attached hydrogens (primary N) is 1. The van der Waals surface area contributed by atoms with Crippen LogP contribution in [0, 0.1) is 5.92 Å². The highest BCUT2D eigenvalue weighted by Gasteiger charge is 2.53. The van der Waals surface area contributed by atoms with Crippen molar-refractivity contribution in [3.8, 4) is 0 Å². The summed E-state index contributed by atoms with van der Waals surface area (Å²) in [5, 5.41) is 25.8. The molecule has 1 aromatic carbocycles. The summed E-state index contributed by atoms with van der Waals surface area (Å²) in [6.45, 7) is 3.30. The van der Waals surface area contributed by atoms with E-state index in [-0.39, 0.29) is 23.6 Å². The summed E-state index contributed by atoms with van der Waals surface area (Å²) in [5.74, 6) is -0.710. The number of nitrogen functional groups attached to an aromatic ring is 1. The summed E-state index contributed by atoms with van der Waals surface area (Å²) < 4.78 is 36.0. The van der Waals surface area contributed by atoms with Crippen molar-refractivity contribution >= 4 is 11.3 Å². The zero-order chi connectivity index (χ0) is 21.9. The van der Waals surface area contributed by atoms with Gasteiger partial charge in [0.25, 0.3) is 6.43 Å². The molecule has 0 fully saturated rings. The van der Waals surface area contributed by atoms with Gasteiger partial charge in [-0.2, -0.15) is 5.10 Å². The molecule has 1 unspecified atom stereocenters. The lowest BCUT2D eigenvalue weighted by molar-refractivity contribution is -0.216. The van der Waals surface area contributed by atoms with Crippen molar-refractivity contribution in [2.45, 2.75) is 51.1 Å². The number of hydrogen-bond donors (Lipinski definition) is 3. The minimum Gasteiger partial charge on any atom is -0.393 e. The summed E-state index contributed by atoms with van der Waals surface area (Å²) in [5.41, 5.74) is 3.92. The Morgan fingerprint density at radius 3 is 2.53 bits per heavy atom. The Morgan fingerprint density at radius 2 is 1.90 bits per heavy atom. The molecule has 9 heteroatoms. The minimum absolute atomic E-state index is 0.0122. The van der Waals surface area contributed by atoms with Crippen LogP contribution < -0.4 is 5.73 Å². The molecule has 2 aromatic heterocycles. The summed E-state index contributed by atoms with van der Waals surface area (Å²) in [6, 6.07) is 11.8. The van der Waals surface area contributed by atoms with Crippen molar-refractivity contribution in [1.82, 2.24) is 14.6 Å². The lowest BCUT2D eigenvalue weighted by Crippen LogP contribution is -2.53. The van der Waals surface area contributed by atoms with Gasteiger partial charge in [-0.3, -0.25) is 0 Å². The molecule has 0 aliphatic heterocycles. The fourth-order valence-electron chi connectivity index (χ4n) is 3.65. The van der Waals surface area contributed by atoms with Crippen molar-refractivity contribution in [1.29, 1.82) is 0 Å². The van der Waals surface area contributed by atoms with Gasteiger partial charge in [0.1, 0.15) is 17.9 Å². The molecule has 0 amide bonds. The van der Waals surface area contributed by atoms with E-state index in [0.29, 0.717) is 6.42 Å². The summed E-state index contributed by atoms with van der Waals surface area (Å²) in [6.07, 6.45) is -4.17. The second kappa shape index (κ2) is 9.03. The van der Waals surface area contributed by atoms with Crippen molar-refractivity contribution in [2.75, 3.05) is 5.73 Å². The molecule has 162 valence electrons. The maximum absolute atomic E-state index is 14.5. The third kappa shape index (κ3) is 4.00. The van der Waals surface area contributed by atoms with Crippen molar-refractivity contribution in [3.63, 3.8) is 0 Å². The summed E-state index contributed by atoms with van der Waals surface area (Å²) in [4.78, 5) is 3.85. The lowest BCUT2D eigenvalue weighted by Gasteiger charge is -2.39. The van der Waals surface area contributed by atoms with E-state index in [4.69, 9.17) is 10.5 Å². The molecule has 0 aliphatic carbocycles. The van der Waals surface area contributed by atoms with Gasteiger partial charge in [-0.1, -0.05) is 44.2 Å². The highest BCUT2D eigenvalue weighted by atomic mass is 19.3. The van der Waals surface area contributed by atoms with Gasteiger partial charge in [-0.15, -0.1) is 0 Å². The van der Waals surface area contributed by atoms with E-state index in [2.05, 4.69) is 10.1 Å². The number of nitrogens with zero attached hydrogens (tertiary/aromatic N) is 3. The number of benzene rings is 1. The third-order valence-corrected chi connectivity index (χ3v) is 5.43. The molecule has 3 aromatic rings. The van der Waals surface area contributed by atoms with Gasteiger partial charge in [0.2, 0.25) is 0 Å². The van der Waals surface area contributed by atoms with Crippen LogP contribution in [0.5, 0.6) is 0 Å². The van der Waals surface area contributed by atoms with Crippen molar-refractivity contribution in [3.05, 3.63) is 60.0 Å². The topological polar surface area (TPSA) is 106 Å². The van der Waals surface area contributed by atoms with Crippen LogP contribution in [0.2, 0.25) is 0 Å². The number of alkyl halides is 2. The molecule has 30 heavy (non-hydrogen) atoms. The molecular formula is C21H26F2N4O3. The molecule has 7 nitrogen and oxygen atoms in total. The second-order valence-electron chi connectivity index (χ2n) is 7.34. The van der Waals surface area contributed by atoms with Gasteiger partial charge >= 0.3 is 0 Å². The Morgan fingerprint density at radius 1 is 1.20 bits per heavy atom. The zero-order valence-electron chi connectivity index (χ0n) is 16.8. The van der Waals surface area contributed by atoms with Crippen LogP contribution in [-0.2, 0) is 16.9 Å². The van der Waals surface area contributed by atoms with E-state index in [0.717, 1.165) is 16.4 Å². The Kier molecular flexibility index (Phi) is 6.64. The van der Waals surface area contributed by atoms with Crippen LogP contribution in [0.3, 0.4) is 0 Å². The molecule has 0 bridgehead atoms. The molecular weight excluding hydrogens is 394 g/mol. The Hall–Kier alpha value is -2.62. The van der Waals surface area contributed by atoms with Crippen LogP contribution in [0.25, 0.3) is 5.52 Å². The van der Waals surface area contributed by atoms with Crippen molar-refractivity contribution < 1.29 is 23.7 Å². The van der Waals surface area contributed by atoms with Gasteiger partial charge in [0.15, 0.2) is 11.4 Å². The molecule has 0 spiro atoms. The minimum atomic E-state index is -3.22. The van der Waals surface area contributed by atoms with Crippen molar-refractivity contribution in [2.24, 2.45) is 5.92 Å². The van der Waals surface area contributed by atoms with E-state index >= 15 is 0 Å². The van der Waals surface area contributed by atoms with Crippen LogP contribution >= 0.6 is 0 Å². The Labute approximate surface area is 173 Å². The molecule has 3 rings (SSSR count). The predicted molar refractivity (Wildman–Crippen MR) is 108 cm³/mol. The number of aliphatic hydroxyl groups is 2. The number of aromatic nitrogens is 3. The number of aliphatic hydroxyl groups excluding tert-OH is 1. The molecule has 4 atom stereocenters. The number of halogens is 2. The fourth-order valence-corrected chi connectivity index (χ4v) is 3.65. The smallest absolute Gasteiger partial charge is 0.275 e. The van der Waals surface area contributed by atoms with Gasteiger partial charge in [0.05, 0.1) is 18.4 Å². The van der Waals surface area contributed by atoms with Crippen LogP contribution in [0.15, 0.2) is 48.8 Å². The average molecular weight is 420 g/mol. The molecule has 2 heterocycles. The lowest BCUT2D eigenvalue weighted by atomic mass is 9.82. The zero-order valence-corrected chi connectivity index (χ0v) is 16.8. The van der Waals surface area contributed by atoms with Gasteiger partial charge < -0.3 is 20.7 Å². The normalized spacial score (nSPS) is 17.0. The molecule has 4 N–H and O–H groups in total. The van der Waals surface area contributed by atoms with Crippen LogP contribution in [-0.4, -0.2) is 43.4 Å².